The van der Waals surface area contributed by atoms with E-state index in [1.54, 1.807) is 38.2 Å². The Hall–Kier alpha value is -3.84. The van der Waals surface area contributed by atoms with E-state index in [2.05, 4.69) is 20.6 Å². The largest absolute Gasteiger partial charge is 0.497 e. The second kappa shape index (κ2) is 11.3. The van der Waals surface area contributed by atoms with Crippen LogP contribution in [0.15, 0.2) is 48.1 Å². The number of nitrogens with one attached hydrogen (secondary N) is 2. The van der Waals surface area contributed by atoms with Gasteiger partial charge >= 0.3 is 0 Å². The summed E-state index contributed by atoms with van der Waals surface area (Å²) >= 11 is 1.20. The third-order valence-electron chi connectivity index (χ3n) is 5.70. The molecule has 13 heteroatoms. The fourth-order valence-electron chi connectivity index (χ4n) is 3.82. The number of fused-ring (bicyclic) bond motifs is 1. The molecular weight excluding hydrogens is 536 g/mol. The number of aromatic nitrogens is 2. The molecule has 200 valence electrons. The first-order chi connectivity index (χ1) is 18.2. The lowest BCUT2D eigenvalue weighted by Crippen LogP contribution is -2.33. The molecule has 0 aliphatic rings. The van der Waals surface area contributed by atoms with E-state index in [9.17, 15) is 17.6 Å². The number of ether oxygens (including phenoxy) is 1. The number of thiophene rings is 1. The van der Waals surface area contributed by atoms with Gasteiger partial charge in [0, 0.05) is 12.4 Å². The zero-order valence-corrected chi connectivity index (χ0v) is 22.4. The van der Waals surface area contributed by atoms with E-state index in [0.717, 1.165) is 16.4 Å². The Morgan fingerprint density at radius 3 is 2.53 bits per heavy atom. The van der Waals surface area contributed by atoms with Crippen molar-refractivity contribution < 1.29 is 26.7 Å². The molecule has 0 bridgehead atoms. The number of hydrogen-bond acceptors (Lipinski definition) is 8. The summed E-state index contributed by atoms with van der Waals surface area (Å²) in [6, 6.07) is 8.58. The lowest BCUT2D eigenvalue weighted by molar-refractivity contribution is 0.102. The lowest BCUT2D eigenvalue weighted by atomic mass is 10.2. The maximum atomic E-state index is 15.8. The number of carbonyl (C=O) groups is 1. The van der Waals surface area contributed by atoms with Gasteiger partial charge in [-0.3, -0.25) is 9.10 Å². The Kier molecular flexibility index (Phi) is 8.07. The number of amides is 1. The Bertz CT molecular complexity index is 1580. The number of sulfonamides is 1. The summed E-state index contributed by atoms with van der Waals surface area (Å²) < 4.78 is 63.5. The molecule has 2 aromatic carbocycles. The maximum absolute atomic E-state index is 15.8. The Balaban J connectivity index is 1.73. The highest BCUT2D eigenvalue weighted by atomic mass is 32.2. The first-order valence-electron chi connectivity index (χ1n) is 11.5. The van der Waals surface area contributed by atoms with Crippen LogP contribution in [0.2, 0.25) is 0 Å². The fraction of sp³-hybridized carbons (Fsp3) is 0.240. The molecule has 0 spiro atoms. The van der Waals surface area contributed by atoms with E-state index in [4.69, 9.17) is 4.74 Å². The van der Waals surface area contributed by atoms with Crippen molar-refractivity contribution in [3.8, 4) is 5.75 Å². The summed E-state index contributed by atoms with van der Waals surface area (Å²) in [4.78, 5) is 21.3. The minimum absolute atomic E-state index is 0.0989. The zero-order valence-electron chi connectivity index (χ0n) is 20.8. The van der Waals surface area contributed by atoms with Crippen LogP contribution in [-0.2, 0) is 16.6 Å². The molecule has 0 fully saturated rings. The van der Waals surface area contributed by atoms with Crippen LogP contribution in [0, 0.1) is 11.6 Å². The average molecular weight is 562 g/mol. The van der Waals surface area contributed by atoms with Crippen LogP contribution in [0.1, 0.15) is 29.3 Å². The van der Waals surface area contributed by atoms with Crippen LogP contribution in [0.3, 0.4) is 0 Å². The molecule has 0 radical (unpaired) electrons. The summed E-state index contributed by atoms with van der Waals surface area (Å²) in [5.41, 5.74) is -0.177. The van der Waals surface area contributed by atoms with Crippen molar-refractivity contribution in [2.75, 3.05) is 34.8 Å². The van der Waals surface area contributed by atoms with Crippen LogP contribution in [0.5, 0.6) is 5.75 Å². The molecule has 9 nitrogen and oxygen atoms in total. The van der Waals surface area contributed by atoms with Crippen LogP contribution in [-0.4, -0.2) is 44.2 Å². The molecular formula is C25H25F2N5O4S2. The van der Waals surface area contributed by atoms with E-state index in [1.165, 1.54) is 30.2 Å². The van der Waals surface area contributed by atoms with Crippen molar-refractivity contribution >= 4 is 54.7 Å². The standard InChI is InChI=1S/C25H25F2N5O4S2/c1-4-11-38(34,35)32(12-15-5-7-16(36-3)8-6-15)19-10-9-18(26)22(20(19)27)31-25(33)17-13-37-23-21(17)29-14-30-24(23)28-2/h5-10,13-14H,4,11-12H2,1-3H3,(H,31,33)(H,28,29,30). The van der Waals surface area contributed by atoms with Crippen LogP contribution in [0.4, 0.5) is 26.0 Å². The molecule has 0 unspecified atom stereocenters. The van der Waals surface area contributed by atoms with Gasteiger partial charge in [0.05, 0.1) is 40.9 Å². The molecule has 4 rings (SSSR count). The van der Waals surface area contributed by atoms with Gasteiger partial charge in [0.2, 0.25) is 10.0 Å². The van der Waals surface area contributed by atoms with Gasteiger partial charge in [-0.2, -0.15) is 0 Å². The summed E-state index contributed by atoms with van der Waals surface area (Å²) in [6.07, 6.45) is 1.56. The fourth-order valence-corrected chi connectivity index (χ4v) is 6.34. The van der Waals surface area contributed by atoms with Crippen molar-refractivity contribution in [1.82, 2.24) is 9.97 Å². The van der Waals surface area contributed by atoms with Crippen LogP contribution in [0.25, 0.3) is 10.2 Å². The summed E-state index contributed by atoms with van der Waals surface area (Å²) in [5, 5.41) is 6.68. The second-order valence-electron chi connectivity index (χ2n) is 8.18. The van der Waals surface area contributed by atoms with Gasteiger partial charge in [-0.1, -0.05) is 19.1 Å². The highest BCUT2D eigenvalue weighted by Crippen LogP contribution is 2.34. The molecule has 0 saturated heterocycles. The third-order valence-corrected chi connectivity index (χ3v) is 8.59. The van der Waals surface area contributed by atoms with Crippen molar-refractivity contribution in [3.63, 3.8) is 0 Å². The molecule has 0 saturated carbocycles. The first-order valence-corrected chi connectivity index (χ1v) is 14.0. The summed E-state index contributed by atoms with van der Waals surface area (Å²) in [7, 11) is -0.824. The number of benzene rings is 2. The molecule has 0 atom stereocenters. The Morgan fingerprint density at radius 2 is 1.87 bits per heavy atom. The Morgan fingerprint density at radius 1 is 1.13 bits per heavy atom. The quantitative estimate of drug-likeness (QED) is 0.280. The predicted molar refractivity (Wildman–Crippen MR) is 145 cm³/mol. The smallest absolute Gasteiger partial charge is 0.258 e. The number of rotatable bonds is 10. The molecule has 2 heterocycles. The topological polar surface area (TPSA) is 114 Å². The minimum atomic E-state index is -3.99. The summed E-state index contributed by atoms with van der Waals surface area (Å²) in [6.45, 7) is 1.48. The molecule has 1 amide bonds. The van der Waals surface area contributed by atoms with E-state index in [1.807, 2.05) is 0 Å². The lowest BCUT2D eigenvalue weighted by Gasteiger charge is -2.26. The van der Waals surface area contributed by atoms with Crippen LogP contribution >= 0.6 is 11.3 Å². The third kappa shape index (κ3) is 5.38. The number of halogens is 2. The van der Waals surface area contributed by atoms with Gasteiger partial charge in [0.15, 0.2) is 5.82 Å². The SMILES string of the molecule is CCCS(=O)(=O)N(Cc1ccc(OC)cc1)c1ccc(F)c(NC(=O)c2csc3c(NC)ncnc23)c1F. The normalized spacial score (nSPS) is 11.4. The maximum Gasteiger partial charge on any atom is 0.258 e. The summed E-state index contributed by atoms with van der Waals surface area (Å²) in [5.74, 6) is -2.24. The molecule has 0 aliphatic heterocycles. The Labute approximate surface area is 222 Å². The highest BCUT2D eigenvalue weighted by Gasteiger charge is 2.28. The van der Waals surface area contributed by atoms with E-state index < -0.39 is 33.3 Å². The van der Waals surface area contributed by atoms with Crippen LogP contribution < -0.4 is 19.7 Å². The van der Waals surface area contributed by atoms with E-state index in [0.29, 0.717) is 27.3 Å². The van der Waals surface area contributed by atoms with Crippen molar-refractivity contribution in [2.45, 2.75) is 19.9 Å². The van der Waals surface area contributed by atoms with Crippen molar-refractivity contribution in [2.24, 2.45) is 0 Å². The van der Waals surface area contributed by atoms with E-state index >= 15 is 4.39 Å². The molecule has 38 heavy (non-hydrogen) atoms. The van der Waals surface area contributed by atoms with Gasteiger partial charge in [-0.05, 0) is 36.2 Å². The number of carbonyl (C=O) groups excluding carboxylic acids is 1. The number of hydrogen-bond donors (Lipinski definition) is 2. The van der Waals surface area contributed by atoms with Gasteiger partial charge < -0.3 is 15.4 Å². The second-order valence-corrected chi connectivity index (χ2v) is 11.1. The number of anilines is 3. The van der Waals surface area contributed by atoms with Gasteiger partial charge in [0.25, 0.3) is 5.91 Å². The predicted octanol–water partition coefficient (Wildman–Crippen LogP) is 5.02. The molecule has 2 N–H and O–H groups in total. The van der Waals surface area contributed by atoms with Crippen molar-refractivity contribution in [1.29, 1.82) is 0 Å². The monoisotopic (exact) mass is 561 g/mol. The zero-order chi connectivity index (χ0) is 27.4. The first kappa shape index (κ1) is 27.2. The van der Waals surface area contributed by atoms with Gasteiger partial charge in [-0.15, -0.1) is 11.3 Å². The number of nitrogens with zero attached hydrogens (tertiary/aromatic N) is 3. The number of methoxy groups -OCH3 is 1. The highest BCUT2D eigenvalue weighted by molar-refractivity contribution is 7.92. The average Bonchev–Trinajstić information content (AvgIpc) is 3.35. The molecule has 0 aliphatic carbocycles. The van der Waals surface area contributed by atoms with Gasteiger partial charge in [-0.25, -0.2) is 27.2 Å². The van der Waals surface area contributed by atoms with E-state index in [-0.39, 0.29) is 30.0 Å². The molecule has 4 aromatic rings. The van der Waals surface area contributed by atoms with Gasteiger partial charge in [0.1, 0.15) is 29.4 Å². The molecule has 2 aromatic heterocycles. The minimum Gasteiger partial charge on any atom is -0.497 e. The van der Waals surface area contributed by atoms with Crippen molar-refractivity contribution in [3.05, 3.63) is 70.9 Å².